The van der Waals surface area contributed by atoms with Crippen LogP contribution in [0.2, 0.25) is 0 Å². The number of benzene rings is 2. The van der Waals surface area contributed by atoms with Crippen LogP contribution in [0.5, 0.6) is 0 Å². The Labute approximate surface area is 195 Å². The number of nitrogens with two attached hydrogens (primary N) is 1. The molecular weight excluding hydrogens is 464 g/mol. The number of amides is 2. The molecule has 0 radical (unpaired) electrons. The number of likely N-dealkylation sites (tertiary alicyclic amines) is 1. The van der Waals surface area contributed by atoms with Crippen LogP contribution < -0.4 is 15.8 Å². The van der Waals surface area contributed by atoms with E-state index in [9.17, 15) is 28.1 Å². The van der Waals surface area contributed by atoms with Gasteiger partial charge >= 0.3 is 0 Å². The lowest BCUT2D eigenvalue weighted by atomic mass is 10.1. The van der Waals surface area contributed by atoms with Gasteiger partial charge in [-0.2, -0.15) is 0 Å². The fourth-order valence-corrected chi connectivity index (χ4v) is 4.51. The third-order valence-electron chi connectivity index (χ3n) is 5.38. The average Bonchev–Trinajstić information content (AvgIpc) is 3.31. The zero-order valence-electron chi connectivity index (χ0n) is 18.1. The number of carbonyl (C=O) groups is 2. The maximum atomic E-state index is 12.7. The van der Waals surface area contributed by atoms with Gasteiger partial charge < -0.3 is 16.0 Å². The largest absolute Gasteiger partial charge is 0.384 e. The van der Waals surface area contributed by atoms with E-state index in [0.717, 1.165) is 29.8 Å². The number of non-ortho nitro benzene ring substituents is 1. The molecule has 0 bridgehead atoms. The highest BCUT2D eigenvalue weighted by Gasteiger charge is 2.34. The van der Waals surface area contributed by atoms with E-state index in [2.05, 4.69) is 10.0 Å². The van der Waals surface area contributed by atoms with E-state index in [1.165, 1.54) is 4.90 Å². The predicted molar refractivity (Wildman–Crippen MR) is 122 cm³/mol. The minimum absolute atomic E-state index is 0.0557. The average molecular weight is 489 g/mol. The van der Waals surface area contributed by atoms with Crippen LogP contribution in [-0.4, -0.2) is 55.0 Å². The van der Waals surface area contributed by atoms with Gasteiger partial charge in [0, 0.05) is 30.8 Å². The Balaban J connectivity index is 1.56. The van der Waals surface area contributed by atoms with Crippen molar-refractivity contribution in [1.82, 2.24) is 14.9 Å². The summed E-state index contributed by atoms with van der Waals surface area (Å²) in [5, 5.41) is 20.9. The molecule has 5 N–H and O–H groups in total. The Bertz CT molecular complexity index is 1200. The van der Waals surface area contributed by atoms with E-state index in [4.69, 9.17) is 11.1 Å². The van der Waals surface area contributed by atoms with E-state index < -0.39 is 33.4 Å². The fourth-order valence-electron chi connectivity index (χ4n) is 3.54. The summed E-state index contributed by atoms with van der Waals surface area (Å²) >= 11 is 0. The standard InChI is InChI=1S/C21H24N6O6S/c22-20(23)15-5-3-14(4-6-15)12-24-21(29)18-2-1-11-26(18)19(28)13-25-34(32,33)17-9-7-16(8-10-17)27(30)31/h3-10,18,25H,1-2,11-13H2,(H3,22,23)(H,24,29)/t18-/m0/s1. The van der Waals surface area contributed by atoms with Gasteiger partial charge in [0.2, 0.25) is 21.8 Å². The third-order valence-corrected chi connectivity index (χ3v) is 6.80. The lowest BCUT2D eigenvalue weighted by molar-refractivity contribution is -0.384. The van der Waals surface area contributed by atoms with Crippen molar-refractivity contribution in [1.29, 1.82) is 5.41 Å². The number of nitro groups is 1. The molecule has 0 spiro atoms. The Morgan fingerprint density at radius 1 is 1.15 bits per heavy atom. The Kier molecular flexibility index (Phi) is 7.58. The van der Waals surface area contributed by atoms with Crippen molar-refractivity contribution in [3.63, 3.8) is 0 Å². The minimum atomic E-state index is -4.07. The highest BCUT2D eigenvalue weighted by molar-refractivity contribution is 7.89. The zero-order valence-corrected chi connectivity index (χ0v) is 18.9. The van der Waals surface area contributed by atoms with Gasteiger partial charge in [-0.05, 0) is 30.5 Å². The Morgan fingerprint density at radius 3 is 2.38 bits per heavy atom. The second-order valence-electron chi connectivity index (χ2n) is 7.65. The van der Waals surface area contributed by atoms with Crippen LogP contribution in [0, 0.1) is 15.5 Å². The van der Waals surface area contributed by atoms with Crippen molar-refractivity contribution < 1.29 is 22.9 Å². The minimum Gasteiger partial charge on any atom is -0.384 e. The Morgan fingerprint density at radius 2 is 1.79 bits per heavy atom. The van der Waals surface area contributed by atoms with E-state index >= 15 is 0 Å². The van der Waals surface area contributed by atoms with Crippen LogP contribution in [0.25, 0.3) is 0 Å². The maximum absolute atomic E-state index is 12.7. The second-order valence-corrected chi connectivity index (χ2v) is 9.42. The number of nitrogens with zero attached hydrogens (tertiary/aromatic N) is 2. The molecule has 2 aromatic rings. The predicted octanol–water partition coefficient (Wildman–Crippen LogP) is 0.465. The highest BCUT2D eigenvalue weighted by Crippen LogP contribution is 2.19. The molecule has 0 saturated carbocycles. The second kappa shape index (κ2) is 10.4. The van der Waals surface area contributed by atoms with Crippen LogP contribution >= 0.6 is 0 Å². The highest BCUT2D eigenvalue weighted by atomic mass is 32.2. The topological polar surface area (TPSA) is 189 Å². The molecule has 1 atom stereocenters. The number of nitrogens with one attached hydrogen (secondary N) is 3. The monoisotopic (exact) mass is 488 g/mol. The number of rotatable bonds is 9. The first-order valence-corrected chi connectivity index (χ1v) is 11.8. The van der Waals surface area contributed by atoms with Gasteiger partial charge in [0.15, 0.2) is 0 Å². The smallest absolute Gasteiger partial charge is 0.269 e. The summed E-state index contributed by atoms with van der Waals surface area (Å²) in [6, 6.07) is 10.4. The number of hydrogen-bond donors (Lipinski definition) is 4. The van der Waals surface area contributed by atoms with Gasteiger partial charge in [0.05, 0.1) is 16.4 Å². The van der Waals surface area contributed by atoms with Gasteiger partial charge in [0.1, 0.15) is 11.9 Å². The molecule has 0 aromatic heterocycles. The SMILES string of the molecule is N=C(N)c1ccc(CNC(=O)[C@@H]2CCCN2C(=O)CNS(=O)(=O)c2ccc([N+](=O)[O-])cc2)cc1. The van der Waals surface area contributed by atoms with Crippen LogP contribution in [0.15, 0.2) is 53.4 Å². The van der Waals surface area contributed by atoms with Gasteiger partial charge in [-0.25, -0.2) is 13.1 Å². The number of sulfonamides is 1. The first-order valence-electron chi connectivity index (χ1n) is 10.3. The van der Waals surface area contributed by atoms with Gasteiger partial charge in [-0.3, -0.25) is 25.1 Å². The zero-order chi connectivity index (χ0) is 24.9. The molecule has 2 aromatic carbocycles. The third kappa shape index (κ3) is 5.94. The summed E-state index contributed by atoms with van der Waals surface area (Å²) in [6.07, 6.45) is 1.06. The lowest BCUT2D eigenvalue weighted by Crippen LogP contribution is -2.48. The van der Waals surface area contributed by atoms with E-state index in [0.29, 0.717) is 24.9 Å². The van der Waals surface area contributed by atoms with Crippen LogP contribution in [-0.2, 0) is 26.2 Å². The van der Waals surface area contributed by atoms with Crippen molar-refractivity contribution in [2.45, 2.75) is 30.3 Å². The van der Waals surface area contributed by atoms with E-state index in [1.54, 1.807) is 24.3 Å². The number of nitrogen functional groups attached to an aromatic ring is 1. The van der Waals surface area contributed by atoms with Crippen molar-refractivity contribution in [3.05, 3.63) is 69.8 Å². The van der Waals surface area contributed by atoms with Crippen LogP contribution in [0.1, 0.15) is 24.0 Å². The molecule has 13 heteroatoms. The molecule has 2 amide bonds. The van der Waals surface area contributed by atoms with Crippen molar-refractivity contribution in [3.8, 4) is 0 Å². The summed E-state index contributed by atoms with van der Waals surface area (Å²) in [4.78, 5) is 36.5. The number of amidine groups is 1. The fraction of sp³-hybridized carbons (Fsp3) is 0.286. The summed E-state index contributed by atoms with van der Waals surface area (Å²) < 4.78 is 27.0. The summed E-state index contributed by atoms with van der Waals surface area (Å²) in [7, 11) is -4.07. The molecule has 0 unspecified atom stereocenters. The van der Waals surface area contributed by atoms with Gasteiger partial charge in [-0.15, -0.1) is 0 Å². The van der Waals surface area contributed by atoms with Gasteiger partial charge in [0.25, 0.3) is 5.69 Å². The normalized spacial score (nSPS) is 15.6. The molecular formula is C21H24N6O6S. The van der Waals surface area contributed by atoms with Crippen molar-refractivity contribution in [2.24, 2.45) is 5.73 Å². The number of hydrogen-bond acceptors (Lipinski definition) is 7. The first-order chi connectivity index (χ1) is 16.1. The van der Waals surface area contributed by atoms with Crippen LogP contribution in [0.3, 0.4) is 0 Å². The molecule has 1 fully saturated rings. The van der Waals surface area contributed by atoms with Crippen LogP contribution in [0.4, 0.5) is 5.69 Å². The summed E-state index contributed by atoms with van der Waals surface area (Å²) in [6.45, 7) is 0.00141. The molecule has 34 heavy (non-hydrogen) atoms. The summed E-state index contributed by atoms with van der Waals surface area (Å²) in [5.74, 6) is -0.950. The molecule has 1 aliphatic rings. The molecule has 1 saturated heterocycles. The molecule has 0 aliphatic carbocycles. The molecule has 1 heterocycles. The van der Waals surface area contributed by atoms with E-state index in [-0.39, 0.29) is 28.9 Å². The van der Waals surface area contributed by atoms with E-state index in [1.807, 2.05) is 0 Å². The molecule has 3 rings (SSSR count). The summed E-state index contributed by atoms with van der Waals surface area (Å²) in [5.41, 5.74) is 6.53. The first kappa shape index (κ1) is 24.8. The number of nitro benzene ring substituents is 1. The maximum Gasteiger partial charge on any atom is 0.269 e. The molecule has 180 valence electrons. The lowest BCUT2D eigenvalue weighted by Gasteiger charge is -2.24. The van der Waals surface area contributed by atoms with Crippen molar-refractivity contribution in [2.75, 3.05) is 13.1 Å². The van der Waals surface area contributed by atoms with Crippen molar-refractivity contribution >= 4 is 33.4 Å². The quantitative estimate of drug-likeness (QED) is 0.171. The number of carbonyl (C=O) groups excluding carboxylic acids is 2. The van der Waals surface area contributed by atoms with Gasteiger partial charge in [-0.1, -0.05) is 24.3 Å². The Hall–Kier alpha value is -3.84. The molecule has 12 nitrogen and oxygen atoms in total. The molecule has 1 aliphatic heterocycles.